The van der Waals surface area contributed by atoms with Crippen LogP contribution in [-0.2, 0) is 8.85 Å². The van der Waals surface area contributed by atoms with Crippen LogP contribution in [-0.4, -0.2) is 21.8 Å². The first kappa shape index (κ1) is 22.6. The molecule has 2 aromatic carbocycles. The first-order chi connectivity index (χ1) is 13.7. The molecule has 0 amide bonds. The molecule has 0 atom stereocenters. The van der Waals surface area contributed by atoms with E-state index in [0.29, 0.717) is 6.61 Å². The average molecular weight is 397 g/mol. The Morgan fingerprint density at radius 3 is 1.79 bits per heavy atom. The van der Waals surface area contributed by atoms with Gasteiger partial charge in [0, 0.05) is 13.2 Å². The number of rotatable bonds is 14. The van der Waals surface area contributed by atoms with Crippen LogP contribution in [0.2, 0.25) is 0 Å². The number of unbranched alkanes of at least 4 members (excludes halogenated alkanes) is 5. The smallest absolute Gasteiger partial charge is 0.388 e. The SMILES string of the molecule is C=C(C)CCO[Si](OCCCCCCCC)(c1ccccc1)c1ccccc1. The maximum atomic E-state index is 6.68. The Hall–Kier alpha value is -1.68. The van der Waals surface area contributed by atoms with E-state index in [0.717, 1.165) is 25.0 Å². The maximum Gasteiger partial charge on any atom is 0.407 e. The van der Waals surface area contributed by atoms with Crippen molar-refractivity contribution in [3.8, 4) is 0 Å². The Bertz CT molecular complexity index is 630. The first-order valence-corrected chi connectivity index (χ1v) is 12.5. The van der Waals surface area contributed by atoms with Crippen molar-refractivity contribution in [2.24, 2.45) is 0 Å². The van der Waals surface area contributed by atoms with E-state index in [4.69, 9.17) is 8.85 Å². The fraction of sp³-hybridized carbons (Fsp3) is 0.440. The minimum Gasteiger partial charge on any atom is -0.388 e. The minimum absolute atomic E-state index is 0.641. The van der Waals surface area contributed by atoms with Crippen molar-refractivity contribution in [2.75, 3.05) is 13.2 Å². The van der Waals surface area contributed by atoms with E-state index in [-0.39, 0.29) is 0 Å². The highest BCUT2D eigenvalue weighted by molar-refractivity contribution is 6.92. The molecule has 0 saturated heterocycles. The van der Waals surface area contributed by atoms with E-state index in [2.05, 4.69) is 81.1 Å². The van der Waals surface area contributed by atoms with E-state index in [9.17, 15) is 0 Å². The van der Waals surface area contributed by atoms with Gasteiger partial charge in [-0.1, -0.05) is 105 Å². The summed E-state index contributed by atoms with van der Waals surface area (Å²) in [7, 11) is -2.73. The Balaban J connectivity index is 2.17. The molecule has 0 aromatic heterocycles. The van der Waals surface area contributed by atoms with Crippen molar-refractivity contribution in [3.63, 3.8) is 0 Å². The molecule has 152 valence electrons. The van der Waals surface area contributed by atoms with Crippen molar-refractivity contribution in [2.45, 2.75) is 58.8 Å². The second-order valence-electron chi connectivity index (χ2n) is 7.52. The normalized spacial score (nSPS) is 11.5. The second-order valence-corrected chi connectivity index (χ2v) is 10.5. The van der Waals surface area contributed by atoms with Crippen molar-refractivity contribution in [1.29, 1.82) is 0 Å². The molecular weight excluding hydrogens is 360 g/mol. The van der Waals surface area contributed by atoms with Crippen LogP contribution < -0.4 is 10.4 Å². The highest BCUT2D eigenvalue weighted by Crippen LogP contribution is 2.14. The molecule has 2 nitrogen and oxygen atoms in total. The lowest BCUT2D eigenvalue weighted by Crippen LogP contribution is -2.63. The topological polar surface area (TPSA) is 18.5 Å². The van der Waals surface area contributed by atoms with Gasteiger partial charge in [0.2, 0.25) is 0 Å². The largest absolute Gasteiger partial charge is 0.407 e. The average Bonchev–Trinajstić information content (AvgIpc) is 2.73. The molecule has 28 heavy (non-hydrogen) atoms. The van der Waals surface area contributed by atoms with Crippen molar-refractivity contribution < 1.29 is 8.85 Å². The summed E-state index contributed by atoms with van der Waals surface area (Å²) >= 11 is 0. The molecule has 0 N–H and O–H groups in total. The van der Waals surface area contributed by atoms with Gasteiger partial charge in [0.1, 0.15) is 0 Å². The Labute approximate surface area is 172 Å². The maximum absolute atomic E-state index is 6.68. The third kappa shape index (κ3) is 7.05. The zero-order valence-corrected chi connectivity index (χ0v) is 18.7. The third-order valence-electron chi connectivity index (χ3n) is 4.95. The molecular formula is C25H36O2Si. The van der Waals surface area contributed by atoms with Gasteiger partial charge in [0.05, 0.1) is 0 Å². The minimum atomic E-state index is -2.73. The first-order valence-electron chi connectivity index (χ1n) is 10.7. The van der Waals surface area contributed by atoms with Gasteiger partial charge in [-0.15, -0.1) is 6.58 Å². The lowest BCUT2D eigenvalue weighted by Gasteiger charge is -2.31. The predicted octanol–water partition coefficient (Wildman–Crippen LogP) is 5.60. The van der Waals surface area contributed by atoms with E-state index in [1.807, 2.05) is 0 Å². The standard InChI is InChI=1S/C25H36O2Si/c1-4-5-6-7-8-15-21-26-28(27-22-20-23(2)3,24-16-11-9-12-17-24)25-18-13-10-14-19-25/h9-14,16-19H,2,4-8,15,20-22H2,1,3H3. The lowest BCUT2D eigenvalue weighted by molar-refractivity contribution is 0.189. The van der Waals surface area contributed by atoms with Crippen LogP contribution in [0, 0.1) is 0 Å². The Morgan fingerprint density at radius 2 is 1.25 bits per heavy atom. The van der Waals surface area contributed by atoms with E-state index < -0.39 is 8.56 Å². The fourth-order valence-electron chi connectivity index (χ4n) is 3.32. The van der Waals surface area contributed by atoms with Crippen LogP contribution in [0.15, 0.2) is 72.8 Å². The Morgan fingerprint density at radius 1 is 0.750 bits per heavy atom. The highest BCUT2D eigenvalue weighted by Gasteiger charge is 2.42. The zero-order chi connectivity index (χ0) is 20.1. The van der Waals surface area contributed by atoms with Crippen molar-refractivity contribution in [3.05, 3.63) is 72.8 Å². The molecule has 0 fully saturated rings. The van der Waals surface area contributed by atoms with Crippen molar-refractivity contribution in [1.82, 2.24) is 0 Å². The third-order valence-corrected chi connectivity index (χ3v) is 8.35. The number of hydrogen-bond donors (Lipinski definition) is 0. The summed E-state index contributed by atoms with van der Waals surface area (Å²) in [5.74, 6) is 0. The van der Waals surface area contributed by atoms with Crippen LogP contribution >= 0.6 is 0 Å². The van der Waals surface area contributed by atoms with Gasteiger partial charge >= 0.3 is 8.56 Å². The summed E-state index contributed by atoms with van der Waals surface area (Å²) in [6, 6.07) is 21.0. The summed E-state index contributed by atoms with van der Waals surface area (Å²) < 4.78 is 13.3. The van der Waals surface area contributed by atoms with E-state index in [1.165, 1.54) is 42.5 Å². The quantitative estimate of drug-likeness (QED) is 0.235. The molecule has 3 heteroatoms. The van der Waals surface area contributed by atoms with Gasteiger partial charge < -0.3 is 8.85 Å². The molecule has 0 unspecified atom stereocenters. The van der Waals surface area contributed by atoms with Gasteiger partial charge in [0.25, 0.3) is 0 Å². The van der Waals surface area contributed by atoms with Gasteiger partial charge in [-0.25, -0.2) is 0 Å². The molecule has 2 rings (SSSR count). The van der Waals surface area contributed by atoms with Crippen LogP contribution in [0.3, 0.4) is 0 Å². The molecule has 0 heterocycles. The molecule has 2 aromatic rings. The molecule has 0 aliphatic carbocycles. The number of hydrogen-bond acceptors (Lipinski definition) is 2. The molecule has 0 aliphatic heterocycles. The highest BCUT2D eigenvalue weighted by atomic mass is 28.4. The van der Waals surface area contributed by atoms with E-state index in [1.54, 1.807) is 0 Å². The van der Waals surface area contributed by atoms with Crippen LogP contribution in [0.4, 0.5) is 0 Å². The summed E-state index contributed by atoms with van der Waals surface area (Å²) in [6.45, 7) is 9.72. The van der Waals surface area contributed by atoms with Gasteiger partial charge in [-0.3, -0.25) is 0 Å². The molecule has 0 saturated carbocycles. The van der Waals surface area contributed by atoms with Crippen LogP contribution in [0.1, 0.15) is 58.8 Å². The van der Waals surface area contributed by atoms with Gasteiger partial charge in [-0.2, -0.15) is 0 Å². The second kappa shape index (κ2) is 12.7. The number of benzene rings is 2. The monoisotopic (exact) mass is 396 g/mol. The van der Waals surface area contributed by atoms with Crippen LogP contribution in [0.25, 0.3) is 0 Å². The van der Waals surface area contributed by atoms with Crippen LogP contribution in [0.5, 0.6) is 0 Å². The molecule has 0 bridgehead atoms. The zero-order valence-electron chi connectivity index (χ0n) is 17.7. The predicted molar refractivity (Wildman–Crippen MR) is 123 cm³/mol. The molecule has 0 radical (unpaired) electrons. The lowest BCUT2D eigenvalue weighted by atomic mass is 10.1. The summed E-state index contributed by atoms with van der Waals surface area (Å²) in [4.78, 5) is 0. The van der Waals surface area contributed by atoms with Crippen molar-refractivity contribution >= 4 is 18.9 Å². The summed E-state index contributed by atoms with van der Waals surface area (Å²) in [6.07, 6.45) is 8.39. The molecule has 0 spiro atoms. The summed E-state index contributed by atoms with van der Waals surface area (Å²) in [5, 5.41) is 2.35. The fourth-order valence-corrected chi connectivity index (χ4v) is 6.49. The van der Waals surface area contributed by atoms with Gasteiger partial charge in [-0.05, 0) is 30.1 Å². The summed E-state index contributed by atoms with van der Waals surface area (Å²) in [5.41, 5.74) is 1.14. The molecule has 0 aliphatic rings. The van der Waals surface area contributed by atoms with Gasteiger partial charge in [0.15, 0.2) is 0 Å². The Kier molecular flexibility index (Phi) is 10.3. The van der Waals surface area contributed by atoms with E-state index >= 15 is 0 Å².